The minimum atomic E-state index is -1.27. The number of carbonyl (C=O) groups excluding carboxylic acids is 1. The van der Waals surface area contributed by atoms with Crippen molar-refractivity contribution in [2.75, 3.05) is 0 Å². The van der Waals surface area contributed by atoms with Crippen molar-refractivity contribution < 1.29 is 9.90 Å². The fourth-order valence-electron chi connectivity index (χ4n) is 1.18. The summed E-state index contributed by atoms with van der Waals surface area (Å²) in [7, 11) is 0. The molecule has 2 aromatic rings. The summed E-state index contributed by atoms with van der Waals surface area (Å²) < 4.78 is 0. The number of carboxylic acids is 1. The van der Waals surface area contributed by atoms with Gasteiger partial charge in [-0.15, -0.1) is 10.2 Å². The third kappa shape index (κ3) is 2.17. The van der Waals surface area contributed by atoms with E-state index in [-0.39, 0.29) is 5.82 Å². The molecule has 0 amide bonds. The molecule has 0 unspecified atom stereocenters. The number of nitrogens with zero attached hydrogens (tertiary/aromatic N) is 4. The van der Waals surface area contributed by atoms with E-state index in [0.29, 0.717) is 10.6 Å². The van der Waals surface area contributed by atoms with Gasteiger partial charge in [-0.05, 0) is 17.3 Å². The molecule has 0 radical (unpaired) electrons. The van der Waals surface area contributed by atoms with Gasteiger partial charge in [0, 0.05) is 5.56 Å². The summed E-state index contributed by atoms with van der Waals surface area (Å²) in [5, 5.41) is 21.9. The molecule has 0 aliphatic rings. The van der Waals surface area contributed by atoms with Gasteiger partial charge in [-0.25, -0.2) is 0 Å². The van der Waals surface area contributed by atoms with E-state index in [2.05, 4.69) is 15.4 Å². The number of carboxylic acid groups (broad SMARTS) is 1. The Kier molecular flexibility index (Phi) is 2.82. The van der Waals surface area contributed by atoms with Crippen LogP contribution in [0.4, 0.5) is 0 Å². The average Bonchev–Trinajstić information content (AvgIpc) is 2.66. The molecule has 7 heteroatoms. The molecule has 0 saturated carbocycles. The van der Waals surface area contributed by atoms with Gasteiger partial charge in [-0.2, -0.15) is 4.80 Å². The third-order valence-corrected chi connectivity index (χ3v) is 2.17. The average molecular weight is 238 g/mol. The molecule has 0 atom stereocenters. The molecule has 0 fully saturated rings. The number of hydrogen-bond acceptors (Lipinski definition) is 5. The Morgan fingerprint density at radius 1 is 1.44 bits per heavy atom. The predicted molar refractivity (Wildman–Crippen MR) is 53.3 cm³/mol. The number of hydrogen-bond donors (Lipinski definition) is 0. The molecule has 16 heavy (non-hydrogen) atoms. The maximum Gasteiger partial charge on any atom is 0.206 e. The Labute approximate surface area is 95.5 Å². The lowest BCUT2D eigenvalue weighted by Gasteiger charge is -1.98. The number of carbonyl (C=O) groups is 1. The molecule has 0 bridgehead atoms. The Morgan fingerprint density at radius 3 is 2.88 bits per heavy atom. The highest BCUT2D eigenvalue weighted by Gasteiger charge is 2.08. The van der Waals surface area contributed by atoms with Crippen LogP contribution in [0, 0.1) is 0 Å². The topological polar surface area (TPSA) is 83.7 Å². The second-order valence-electron chi connectivity index (χ2n) is 3.00. The van der Waals surface area contributed by atoms with Crippen molar-refractivity contribution in [1.82, 2.24) is 20.2 Å². The number of aliphatic carboxylic acids is 1. The van der Waals surface area contributed by atoms with Gasteiger partial charge in [0.15, 0.2) is 0 Å². The van der Waals surface area contributed by atoms with Gasteiger partial charge in [0.1, 0.15) is 6.54 Å². The largest absolute Gasteiger partial charge is 0.548 e. The first kappa shape index (κ1) is 10.6. The minimum absolute atomic E-state index is 0.284. The fourth-order valence-corrected chi connectivity index (χ4v) is 1.40. The van der Waals surface area contributed by atoms with E-state index in [1.54, 1.807) is 24.3 Å². The van der Waals surface area contributed by atoms with Crippen LogP contribution in [-0.2, 0) is 11.3 Å². The number of benzene rings is 1. The van der Waals surface area contributed by atoms with Crippen molar-refractivity contribution in [1.29, 1.82) is 0 Å². The molecule has 0 aliphatic heterocycles. The van der Waals surface area contributed by atoms with Crippen LogP contribution >= 0.6 is 11.6 Å². The van der Waals surface area contributed by atoms with Gasteiger partial charge in [-0.3, -0.25) is 0 Å². The zero-order valence-electron chi connectivity index (χ0n) is 8.00. The summed E-state index contributed by atoms with van der Waals surface area (Å²) >= 11 is 5.93. The van der Waals surface area contributed by atoms with Crippen LogP contribution in [0.2, 0.25) is 5.02 Å². The maximum atomic E-state index is 10.3. The lowest BCUT2D eigenvalue weighted by atomic mass is 10.2. The van der Waals surface area contributed by atoms with Gasteiger partial charge in [0.05, 0.1) is 11.0 Å². The SMILES string of the molecule is O=C([O-])Cn1nnc(-c2ccccc2Cl)n1. The van der Waals surface area contributed by atoms with Crippen molar-refractivity contribution >= 4 is 17.6 Å². The van der Waals surface area contributed by atoms with Crippen LogP contribution in [0.5, 0.6) is 0 Å². The minimum Gasteiger partial charge on any atom is -0.548 e. The molecule has 82 valence electrons. The molecule has 1 aromatic heterocycles. The standard InChI is InChI=1S/C9H7ClN4O2/c10-7-4-2-1-3-6(7)9-11-13-14(12-9)5-8(15)16/h1-4H,5H2,(H,15,16)/p-1. The molecule has 2 rings (SSSR count). The van der Waals surface area contributed by atoms with Gasteiger partial charge >= 0.3 is 0 Å². The predicted octanol–water partition coefficient (Wildman–Crippen LogP) is -0.257. The molecule has 6 nitrogen and oxygen atoms in total. The molecular formula is C9H6ClN4O2-. The summed E-state index contributed by atoms with van der Waals surface area (Å²) in [4.78, 5) is 11.3. The van der Waals surface area contributed by atoms with E-state index < -0.39 is 12.5 Å². The highest BCUT2D eigenvalue weighted by atomic mass is 35.5. The van der Waals surface area contributed by atoms with Crippen molar-refractivity contribution in [3.05, 3.63) is 29.3 Å². The molecule has 0 N–H and O–H groups in total. The summed E-state index contributed by atoms with van der Waals surface area (Å²) in [6.45, 7) is -0.433. The summed E-state index contributed by atoms with van der Waals surface area (Å²) in [5.74, 6) is -0.991. The van der Waals surface area contributed by atoms with E-state index >= 15 is 0 Å². The summed E-state index contributed by atoms with van der Waals surface area (Å²) in [6, 6.07) is 6.97. The second-order valence-corrected chi connectivity index (χ2v) is 3.40. The van der Waals surface area contributed by atoms with Crippen LogP contribution < -0.4 is 5.11 Å². The summed E-state index contributed by atoms with van der Waals surface area (Å²) in [5.41, 5.74) is 0.605. The first-order chi connectivity index (χ1) is 7.66. The summed E-state index contributed by atoms with van der Waals surface area (Å²) in [6.07, 6.45) is 0. The zero-order chi connectivity index (χ0) is 11.5. The third-order valence-electron chi connectivity index (χ3n) is 1.84. The number of tetrazole rings is 1. The molecular weight excluding hydrogens is 232 g/mol. The monoisotopic (exact) mass is 237 g/mol. The first-order valence-corrected chi connectivity index (χ1v) is 4.77. The van der Waals surface area contributed by atoms with Gasteiger partial charge in [0.2, 0.25) is 5.82 Å². The number of rotatable bonds is 3. The highest BCUT2D eigenvalue weighted by Crippen LogP contribution is 2.23. The first-order valence-electron chi connectivity index (χ1n) is 4.39. The van der Waals surface area contributed by atoms with E-state index in [4.69, 9.17) is 11.6 Å². The van der Waals surface area contributed by atoms with Crippen LogP contribution in [0.3, 0.4) is 0 Å². The normalized spacial score (nSPS) is 10.3. The van der Waals surface area contributed by atoms with Crippen molar-refractivity contribution in [3.63, 3.8) is 0 Å². The molecule has 1 aromatic carbocycles. The lowest BCUT2D eigenvalue weighted by molar-refractivity contribution is -0.307. The van der Waals surface area contributed by atoms with Crippen molar-refractivity contribution in [2.45, 2.75) is 6.54 Å². The zero-order valence-corrected chi connectivity index (χ0v) is 8.76. The van der Waals surface area contributed by atoms with Crippen LogP contribution in [0.1, 0.15) is 0 Å². The molecule has 0 aliphatic carbocycles. The number of halogens is 1. The molecule has 0 spiro atoms. The van der Waals surface area contributed by atoms with Crippen molar-refractivity contribution in [3.8, 4) is 11.4 Å². The Morgan fingerprint density at radius 2 is 2.19 bits per heavy atom. The van der Waals surface area contributed by atoms with E-state index in [0.717, 1.165) is 4.80 Å². The quantitative estimate of drug-likeness (QED) is 0.735. The van der Waals surface area contributed by atoms with E-state index in [1.807, 2.05) is 0 Å². The number of aromatic nitrogens is 4. The van der Waals surface area contributed by atoms with Gasteiger partial charge < -0.3 is 9.90 Å². The van der Waals surface area contributed by atoms with E-state index in [9.17, 15) is 9.90 Å². The van der Waals surface area contributed by atoms with Gasteiger partial charge in [-0.1, -0.05) is 23.7 Å². The lowest BCUT2D eigenvalue weighted by Crippen LogP contribution is -2.28. The Hall–Kier alpha value is -1.95. The van der Waals surface area contributed by atoms with E-state index in [1.165, 1.54) is 0 Å². The Balaban J connectivity index is 2.32. The smallest absolute Gasteiger partial charge is 0.206 e. The van der Waals surface area contributed by atoms with Crippen LogP contribution in [0.25, 0.3) is 11.4 Å². The second kappa shape index (κ2) is 4.28. The molecule has 0 saturated heterocycles. The van der Waals surface area contributed by atoms with Crippen LogP contribution in [-0.4, -0.2) is 26.2 Å². The maximum absolute atomic E-state index is 10.3. The Bertz CT molecular complexity index is 526. The van der Waals surface area contributed by atoms with Crippen molar-refractivity contribution in [2.24, 2.45) is 0 Å². The van der Waals surface area contributed by atoms with Gasteiger partial charge in [0.25, 0.3) is 0 Å². The highest BCUT2D eigenvalue weighted by molar-refractivity contribution is 6.33. The fraction of sp³-hybridized carbons (Fsp3) is 0.111. The molecule has 1 heterocycles. The van der Waals surface area contributed by atoms with Crippen LogP contribution in [0.15, 0.2) is 24.3 Å².